The SMILES string of the molecule is N#Cc1ccc(-c2cnccc2SC2(C(=O)O)CC(F)(F)C2)n2cccc12. The monoisotopic (exact) mass is 385 g/mol. The Morgan fingerprint density at radius 3 is 2.74 bits per heavy atom. The van der Waals surface area contributed by atoms with E-state index in [0.717, 1.165) is 11.8 Å². The number of nitriles is 1. The minimum atomic E-state index is -2.96. The molecule has 1 aliphatic rings. The van der Waals surface area contributed by atoms with Gasteiger partial charge in [0.2, 0.25) is 0 Å². The van der Waals surface area contributed by atoms with Crippen LogP contribution in [-0.2, 0) is 4.79 Å². The van der Waals surface area contributed by atoms with Crippen molar-refractivity contribution in [1.82, 2.24) is 9.38 Å². The van der Waals surface area contributed by atoms with Crippen LogP contribution in [0.1, 0.15) is 18.4 Å². The molecule has 3 heterocycles. The van der Waals surface area contributed by atoms with Crippen molar-refractivity contribution in [2.45, 2.75) is 28.4 Å². The number of carboxylic acids is 1. The van der Waals surface area contributed by atoms with Crippen molar-refractivity contribution in [2.75, 3.05) is 0 Å². The molecule has 3 aromatic rings. The first-order chi connectivity index (χ1) is 12.9. The van der Waals surface area contributed by atoms with Crippen molar-refractivity contribution in [3.63, 3.8) is 0 Å². The molecular weight excluding hydrogens is 372 g/mol. The molecule has 8 heteroatoms. The van der Waals surface area contributed by atoms with Crippen molar-refractivity contribution in [2.24, 2.45) is 0 Å². The van der Waals surface area contributed by atoms with Crippen LogP contribution in [0.4, 0.5) is 8.78 Å². The van der Waals surface area contributed by atoms with E-state index in [1.807, 2.05) is 4.40 Å². The van der Waals surface area contributed by atoms with Gasteiger partial charge < -0.3 is 9.51 Å². The van der Waals surface area contributed by atoms with Gasteiger partial charge in [-0.2, -0.15) is 5.26 Å². The van der Waals surface area contributed by atoms with Gasteiger partial charge >= 0.3 is 5.97 Å². The van der Waals surface area contributed by atoms with Crippen LogP contribution < -0.4 is 0 Å². The molecule has 1 N–H and O–H groups in total. The number of aromatic nitrogens is 2. The van der Waals surface area contributed by atoms with E-state index >= 15 is 0 Å². The summed E-state index contributed by atoms with van der Waals surface area (Å²) in [6, 6.07) is 10.8. The Morgan fingerprint density at radius 1 is 1.30 bits per heavy atom. The quantitative estimate of drug-likeness (QED) is 0.728. The maximum atomic E-state index is 13.4. The second-order valence-electron chi connectivity index (χ2n) is 6.49. The summed E-state index contributed by atoms with van der Waals surface area (Å²) in [4.78, 5) is 16.4. The zero-order valence-electron chi connectivity index (χ0n) is 13.9. The smallest absolute Gasteiger partial charge is 0.320 e. The highest BCUT2D eigenvalue weighted by Crippen LogP contribution is 2.56. The number of hydrogen-bond donors (Lipinski definition) is 1. The van der Waals surface area contributed by atoms with Crippen LogP contribution in [0.3, 0.4) is 0 Å². The van der Waals surface area contributed by atoms with Gasteiger partial charge in [-0.3, -0.25) is 9.78 Å². The maximum absolute atomic E-state index is 13.4. The van der Waals surface area contributed by atoms with E-state index in [-0.39, 0.29) is 0 Å². The second kappa shape index (κ2) is 6.06. The topological polar surface area (TPSA) is 78.4 Å². The van der Waals surface area contributed by atoms with Crippen molar-refractivity contribution < 1.29 is 18.7 Å². The molecule has 0 spiro atoms. The van der Waals surface area contributed by atoms with Crippen molar-refractivity contribution in [3.8, 4) is 17.3 Å². The van der Waals surface area contributed by atoms with Gasteiger partial charge in [0.15, 0.2) is 0 Å². The summed E-state index contributed by atoms with van der Waals surface area (Å²) in [5.74, 6) is -4.20. The highest BCUT2D eigenvalue weighted by atomic mass is 32.2. The molecule has 136 valence electrons. The predicted octanol–water partition coefficient (Wildman–Crippen LogP) is 4.22. The van der Waals surface area contributed by atoms with Gasteiger partial charge in [0, 0.05) is 41.9 Å². The second-order valence-corrected chi connectivity index (χ2v) is 7.92. The number of thioether (sulfide) groups is 1. The summed E-state index contributed by atoms with van der Waals surface area (Å²) in [7, 11) is 0. The zero-order valence-corrected chi connectivity index (χ0v) is 14.7. The first kappa shape index (κ1) is 17.5. The van der Waals surface area contributed by atoms with Gasteiger partial charge in [-0.15, -0.1) is 11.8 Å². The average Bonchev–Trinajstić information content (AvgIpc) is 3.09. The van der Waals surface area contributed by atoms with Gasteiger partial charge in [0.05, 0.1) is 16.8 Å². The third-order valence-electron chi connectivity index (χ3n) is 4.65. The largest absolute Gasteiger partial charge is 0.480 e. The molecule has 4 rings (SSSR count). The number of alkyl halides is 2. The fraction of sp³-hybridized carbons (Fsp3) is 0.211. The summed E-state index contributed by atoms with van der Waals surface area (Å²) < 4.78 is 27.1. The maximum Gasteiger partial charge on any atom is 0.320 e. The normalized spacial score (nSPS) is 17.2. The van der Waals surface area contributed by atoms with Gasteiger partial charge in [-0.1, -0.05) is 0 Å². The molecule has 1 fully saturated rings. The highest BCUT2D eigenvalue weighted by Gasteiger charge is 2.62. The average molecular weight is 385 g/mol. The predicted molar refractivity (Wildman–Crippen MR) is 95.7 cm³/mol. The molecule has 0 amide bonds. The molecule has 27 heavy (non-hydrogen) atoms. The minimum Gasteiger partial charge on any atom is -0.480 e. The Bertz CT molecular complexity index is 1100. The van der Waals surface area contributed by atoms with Gasteiger partial charge in [0.25, 0.3) is 5.92 Å². The molecule has 0 radical (unpaired) electrons. The van der Waals surface area contributed by atoms with E-state index in [9.17, 15) is 23.9 Å². The number of hydrogen-bond acceptors (Lipinski definition) is 4. The van der Waals surface area contributed by atoms with Crippen LogP contribution in [0.15, 0.2) is 53.8 Å². The lowest BCUT2D eigenvalue weighted by Gasteiger charge is -2.43. The number of carbonyl (C=O) groups is 1. The van der Waals surface area contributed by atoms with Crippen LogP contribution in [0.2, 0.25) is 0 Å². The summed E-state index contributed by atoms with van der Waals surface area (Å²) in [5, 5.41) is 18.8. The summed E-state index contributed by atoms with van der Waals surface area (Å²) >= 11 is 0.933. The number of nitrogens with zero attached hydrogens (tertiary/aromatic N) is 3. The standard InChI is InChI=1S/C19H13F2N3O2S/c20-19(21)10-18(11-19,17(25)26)27-16-5-6-23-9-13(16)15-4-3-12(8-22)14-2-1-7-24(14)15/h1-7,9H,10-11H2,(H,25,26). The molecule has 1 aliphatic carbocycles. The Kier molecular flexibility index (Phi) is 3.93. The molecule has 0 saturated heterocycles. The van der Waals surface area contributed by atoms with E-state index in [0.29, 0.717) is 27.2 Å². The van der Waals surface area contributed by atoms with Crippen molar-refractivity contribution >= 4 is 23.2 Å². The van der Waals surface area contributed by atoms with Crippen LogP contribution in [0.5, 0.6) is 0 Å². The molecule has 0 aliphatic heterocycles. The first-order valence-corrected chi connectivity index (χ1v) is 8.92. The lowest BCUT2D eigenvalue weighted by atomic mass is 9.80. The number of rotatable bonds is 4. The third kappa shape index (κ3) is 2.84. The highest BCUT2D eigenvalue weighted by molar-refractivity contribution is 8.01. The van der Waals surface area contributed by atoms with Crippen LogP contribution >= 0.6 is 11.8 Å². The fourth-order valence-corrected chi connectivity index (χ4v) is 4.85. The molecular formula is C19H13F2N3O2S. The van der Waals surface area contributed by atoms with Crippen molar-refractivity contribution in [3.05, 3.63) is 54.5 Å². The first-order valence-electron chi connectivity index (χ1n) is 8.10. The van der Waals surface area contributed by atoms with E-state index in [1.165, 1.54) is 6.20 Å². The summed E-state index contributed by atoms with van der Waals surface area (Å²) in [5.41, 5.74) is 2.54. The van der Waals surface area contributed by atoms with Gasteiger partial charge in [0.1, 0.15) is 10.8 Å². The van der Waals surface area contributed by atoms with E-state index in [4.69, 9.17) is 0 Å². The van der Waals surface area contributed by atoms with Gasteiger partial charge in [-0.25, -0.2) is 8.78 Å². The molecule has 1 saturated carbocycles. The number of fused-ring (bicyclic) bond motifs is 1. The molecule has 0 bridgehead atoms. The van der Waals surface area contributed by atoms with E-state index < -0.39 is 29.5 Å². The number of halogens is 2. The third-order valence-corrected chi connectivity index (χ3v) is 6.08. The van der Waals surface area contributed by atoms with Gasteiger partial charge in [-0.05, 0) is 30.3 Å². The van der Waals surface area contributed by atoms with Crippen LogP contribution in [0, 0.1) is 11.3 Å². The Balaban J connectivity index is 1.81. The molecule has 0 atom stereocenters. The van der Waals surface area contributed by atoms with Crippen LogP contribution in [0.25, 0.3) is 16.8 Å². The Hall–Kier alpha value is -2.92. The Labute approximate surface area is 157 Å². The summed E-state index contributed by atoms with van der Waals surface area (Å²) in [6.45, 7) is 0. The lowest BCUT2D eigenvalue weighted by Crippen LogP contribution is -2.54. The number of pyridine rings is 2. The molecule has 3 aromatic heterocycles. The Morgan fingerprint density at radius 2 is 2.07 bits per heavy atom. The lowest BCUT2D eigenvalue weighted by molar-refractivity contribution is -0.159. The van der Waals surface area contributed by atoms with E-state index in [1.54, 1.807) is 42.7 Å². The zero-order chi connectivity index (χ0) is 19.2. The number of aliphatic carboxylic acids is 1. The molecule has 0 unspecified atom stereocenters. The minimum absolute atomic E-state index is 0.502. The molecule has 0 aromatic carbocycles. The van der Waals surface area contributed by atoms with Crippen molar-refractivity contribution in [1.29, 1.82) is 5.26 Å². The van der Waals surface area contributed by atoms with E-state index in [2.05, 4.69) is 11.1 Å². The fourth-order valence-electron chi connectivity index (χ4n) is 3.38. The summed E-state index contributed by atoms with van der Waals surface area (Å²) in [6.07, 6.45) is 3.48. The van der Waals surface area contributed by atoms with Crippen LogP contribution in [-0.4, -0.2) is 31.1 Å². The molecule has 5 nitrogen and oxygen atoms in total. The number of carboxylic acid groups (broad SMARTS) is 1.